The summed E-state index contributed by atoms with van der Waals surface area (Å²) in [6.07, 6.45) is 1.85. The average molecular weight is 466 g/mol. The number of rotatable bonds is 5. The van der Waals surface area contributed by atoms with E-state index in [1.165, 1.54) is 9.71 Å². The van der Waals surface area contributed by atoms with Gasteiger partial charge in [0.05, 0.1) is 22.3 Å². The third-order valence-corrected chi connectivity index (χ3v) is 7.42. The summed E-state index contributed by atoms with van der Waals surface area (Å²) >= 11 is 7.17. The number of benzene rings is 2. The van der Waals surface area contributed by atoms with Crippen LogP contribution in [0.15, 0.2) is 48.5 Å². The van der Waals surface area contributed by atoms with Crippen LogP contribution < -0.4 is 4.74 Å². The number of amides is 1. The van der Waals surface area contributed by atoms with Crippen LogP contribution in [0.3, 0.4) is 0 Å². The molecule has 164 valence electrons. The van der Waals surface area contributed by atoms with Crippen LogP contribution in [0.1, 0.15) is 23.8 Å². The first-order chi connectivity index (χ1) is 15.6. The van der Waals surface area contributed by atoms with Crippen LogP contribution in [0.4, 0.5) is 0 Å². The molecule has 1 aliphatic rings. The molecular formula is C23H23N5O2S2. The predicted molar refractivity (Wildman–Crippen MR) is 128 cm³/mol. The lowest BCUT2D eigenvalue weighted by atomic mass is 9.97. The first-order valence-electron chi connectivity index (χ1n) is 10.6. The Morgan fingerprint density at radius 1 is 1.19 bits per heavy atom. The highest BCUT2D eigenvalue weighted by Crippen LogP contribution is 2.34. The van der Waals surface area contributed by atoms with E-state index in [1.54, 1.807) is 23.0 Å². The number of piperidine rings is 1. The van der Waals surface area contributed by atoms with Crippen molar-refractivity contribution in [2.45, 2.75) is 25.3 Å². The average Bonchev–Trinajstić information content (AvgIpc) is 3.43. The van der Waals surface area contributed by atoms with Crippen molar-refractivity contribution in [3.8, 4) is 17.1 Å². The highest BCUT2D eigenvalue weighted by molar-refractivity contribution is 7.71. The van der Waals surface area contributed by atoms with Gasteiger partial charge in [-0.05, 0) is 61.5 Å². The van der Waals surface area contributed by atoms with Gasteiger partial charge in [-0.3, -0.25) is 14.5 Å². The second-order valence-corrected chi connectivity index (χ2v) is 9.29. The number of carbonyl (C=O) groups is 1. The third-order valence-electron chi connectivity index (χ3n) is 5.91. The molecule has 2 aromatic carbocycles. The molecule has 7 nitrogen and oxygen atoms in total. The molecule has 1 aliphatic heterocycles. The van der Waals surface area contributed by atoms with Crippen LogP contribution in [0, 0.1) is 4.77 Å². The van der Waals surface area contributed by atoms with Gasteiger partial charge in [0, 0.05) is 24.6 Å². The van der Waals surface area contributed by atoms with Gasteiger partial charge < -0.3 is 9.64 Å². The van der Waals surface area contributed by atoms with E-state index in [0.29, 0.717) is 16.5 Å². The molecule has 1 amide bonds. The van der Waals surface area contributed by atoms with Crippen LogP contribution in [0.5, 0.6) is 5.75 Å². The Hall–Kier alpha value is -3.04. The van der Waals surface area contributed by atoms with E-state index in [-0.39, 0.29) is 12.5 Å². The lowest BCUT2D eigenvalue weighted by Gasteiger charge is -2.31. The van der Waals surface area contributed by atoms with Crippen molar-refractivity contribution >= 4 is 39.7 Å². The van der Waals surface area contributed by atoms with Crippen molar-refractivity contribution < 1.29 is 9.53 Å². The molecule has 1 saturated heterocycles. The molecule has 3 heterocycles. The minimum absolute atomic E-state index is 0.0556. The Morgan fingerprint density at radius 2 is 1.94 bits per heavy atom. The number of nitrogens with one attached hydrogen (secondary N) is 1. The molecule has 1 N–H and O–H groups in total. The summed E-state index contributed by atoms with van der Waals surface area (Å²) in [5, 5.41) is 8.34. The molecule has 0 unspecified atom stereocenters. The van der Waals surface area contributed by atoms with E-state index >= 15 is 0 Å². The van der Waals surface area contributed by atoms with Gasteiger partial charge in [-0.15, -0.1) is 11.3 Å². The summed E-state index contributed by atoms with van der Waals surface area (Å²) < 4.78 is 8.65. The molecule has 32 heavy (non-hydrogen) atoms. The monoisotopic (exact) mass is 465 g/mol. The summed E-state index contributed by atoms with van der Waals surface area (Å²) in [4.78, 5) is 19.8. The zero-order chi connectivity index (χ0) is 22.1. The Morgan fingerprint density at radius 3 is 2.66 bits per heavy atom. The molecule has 1 fully saturated rings. The number of H-pyrrole nitrogens is 1. The molecule has 0 bridgehead atoms. The number of aromatic amines is 1. The van der Waals surface area contributed by atoms with E-state index in [4.69, 9.17) is 21.9 Å². The fraction of sp³-hybridized carbons (Fsp3) is 0.304. The van der Waals surface area contributed by atoms with Crippen molar-refractivity contribution in [2.24, 2.45) is 0 Å². The molecule has 9 heteroatoms. The normalized spacial score (nSPS) is 14.7. The van der Waals surface area contributed by atoms with E-state index in [0.717, 1.165) is 42.8 Å². The van der Waals surface area contributed by atoms with Crippen molar-refractivity contribution in [1.29, 1.82) is 0 Å². The lowest BCUT2D eigenvalue weighted by Crippen LogP contribution is -2.39. The molecule has 0 saturated carbocycles. The van der Waals surface area contributed by atoms with E-state index in [2.05, 4.69) is 22.3 Å². The number of carbonyl (C=O) groups excluding carboxylic acids is 1. The summed E-state index contributed by atoms with van der Waals surface area (Å²) in [6, 6.07) is 15.8. The van der Waals surface area contributed by atoms with Crippen LogP contribution in [-0.4, -0.2) is 50.8 Å². The van der Waals surface area contributed by atoms with Crippen molar-refractivity contribution in [1.82, 2.24) is 24.6 Å². The molecule has 0 spiro atoms. The first kappa shape index (κ1) is 20.8. The summed E-state index contributed by atoms with van der Waals surface area (Å²) in [6.45, 7) is 1.62. The molecule has 0 atom stereocenters. The van der Waals surface area contributed by atoms with Gasteiger partial charge in [-0.1, -0.05) is 12.1 Å². The molecule has 5 rings (SSSR count). The van der Waals surface area contributed by atoms with Crippen LogP contribution in [-0.2, 0) is 11.3 Å². The maximum absolute atomic E-state index is 13.1. The maximum Gasteiger partial charge on any atom is 0.242 e. The van der Waals surface area contributed by atoms with Gasteiger partial charge in [-0.25, -0.2) is 4.98 Å². The smallest absolute Gasteiger partial charge is 0.242 e. The second-order valence-electron chi connectivity index (χ2n) is 7.84. The van der Waals surface area contributed by atoms with E-state index in [9.17, 15) is 4.79 Å². The van der Waals surface area contributed by atoms with Gasteiger partial charge in [0.2, 0.25) is 5.91 Å². The number of hydrogen-bond acceptors (Lipinski definition) is 6. The largest absolute Gasteiger partial charge is 0.497 e. The highest BCUT2D eigenvalue weighted by atomic mass is 32.1. The SMILES string of the molecule is COc1ccc(-c2n[nH]c(=S)n2CC(=O)N2CCC(c3nc4ccccc4s3)CC2)cc1. The number of hydrogen-bond donors (Lipinski definition) is 1. The molecule has 0 radical (unpaired) electrons. The van der Waals surface area contributed by atoms with Crippen molar-refractivity contribution in [2.75, 3.05) is 20.2 Å². The van der Waals surface area contributed by atoms with Crippen LogP contribution >= 0.6 is 23.6 Å². The number of thiazole rings is 1. The standard InChI is InChI=1S/C23H23N5O2S2/c1-30-17-8-6-15(7-9-17)21-25-26-23(31)28(21)14-20(29)27-12-10-16(11-13-27)22-24-18-4-2-3-5-19(18)32-22/h2-9,16H,10-14H2,1H3,(H,26,31). The Bertz CT molecular complexity index is 1270. The lowest BCUT2D eigenvalue weighted by molar-refractivity contribution is -0.132. The Balaban J connectivity index is 1.26. The van der Waals surface area contributed by atoms with Crippen LogP contribution in [0.2, 0.25) is 0 Å². The summed E-state index contributed by atoms with van der Waals surface area (Å²) in [5.41, 5.74) is 1.94. The number of likely N-dealkylation sites (tertiary alicyclic amines) is 1. The number of methoxy groups -OCH3 is 1. The van der Waals surface area contributed by atoms with Crippen molar-refractivity contribution in [3.63, 3.8) is 0 Å². The number of fused-ring (bicyclic) bond motifs is 1. The molecule has 2 aromatic heterocycles. The van der Waals surface area contributed by atoms with Gasteiger partial charge in [0.25, 0.3) is 0 Å². The topological polar surface area (TPSA) is 76.0 Å². The minimum atomic E-state index is 0.0556. The number of nitrogens with zero attached hydrogens (tertiary/aromatic N) is 4. The maximum atomic E-state index is 13.1. The first-order valence-corrected chi connectivity index (χ1v) is 11.8. The zero-order valence-corrected chi connectivity index (χ0v) is 19.3. The molecule has 0 aliphatic carbocycles. The predicted octanol–water partition coefficient (Wildman–Crippen LogP) is 4.63. The third kappa shape index (κ3) is 4.05. The quantitative estimate of drug-likeness (QED) is 0.435. The van der Waals surface area contributed by atoms with E-state index in [1.807, 2.05) is 41.3 Å². The number of ether oxygens (including phenoxy) is 1. The van der Waals surface area contributed by atoms with Crippen molar-refractivity contribution in [3.05, 3.63) is 58.3 Å². The number of para-hydroxylation sites is 1. The highest BCUT2D eigenvalue weighted by Gasteiger charge is 2.26. The zero-order valence-electron chi connectivity index (χ0n) is 17.7. The minimum Gasteiger partial charge on any atom is -0.497 e. The fourth-order valence-corrected chi connectivity index (χ4v) is 5.43. The molecular weight excluding hydrogens is 442 g/mol. The van der Waals surface area contributed by atoms with Gasteiger partial charge in [0.1, 0.15) is 12.3 Å². The number of aromatic nitrogens is 4. The van der Waals surface area contributed by atoms with Gasteiger partial charge in [0.15, 0.2) is 10.6 Å². The second kappa shape index (κ2) is 8.84. The van der Waals surface area contributed by atoms with Gasteiger partial charge >= 0.3 is 0 Å². The molecule has 4 aromatic rings. The Kier molecular flexibility index (Phi) is 5.75. The fourth-order valence-electron chi connectivity index (χ4n) is 4.10. The summed E-state index contributed by atoms with van der Waals surface area (Å²) in [5.74, 6) is 1.87. The summed E-state index contributed by atoms with van der Waals surface area (Å²) in [7, 11) is 1.63. The Labute approximate surface area is 194 Å². The van der Waals surface area contributed by atoms with E-state index < -0.39 is 0 Å². The van der Waals surface area contributed by atoms with Gasteiger partial charge in [-0.2, -0.15) is 5.10 Å². The van der Waals surface area contributed by atoms with Crippen LogP contribution in [0.25, 0.3) is 21.6 Å².